The van der Waals surface area contributed by atoms with Gasteiger partial charge in [0.15, 0.2) is 0 Å². The van der Waals surface area contributed by atoms with Crippen LogP contribution < -0.4 is 4.74 Å². The summed E-state index contributed by atoms with van der Waals surface area (Å²) in [5.74, 6) is 1.43. The van der Waals surface area contributed by atoms with Gasteiger partial charge in [-0.3, -0.25) is 19.0 Å². The predicted molar refractivity (Wildman–Crippen MR) is 128 cm³/mol. The molecule has 1 N–H and O–H groups in total. The minimum atomic E-state index is -0.414. The molecule has 0 unspecified atom stereocenters. The molecule has 0 amide bonds. The average molecular weight is 455 g/mol. The highest BCUT2D eigenvalue weighted by molar-refractivity contribution is 5.78. The molecule has 0 spiro atoms. The van der Waals surface area contributed by atoms with Crippen molar-refractivity contribution >= 4 is 5.78 Å². The van der Waals surface area contributed by atoms with Crippen LogP contribution in [0, 0.1) is 11.8 Å². The number of aromatic hydroxyl groups is 1. The highest BCUT2D eigenvalue weighted by Gasteiger charge is 2.41. The lowest BCUT2D eigenvalue weighted by Gasteiger charge is -2.47. The number of hydrogen-bond donors (Lipinski definition) is 1. The molecular formula is C27H35FN2O3. The summed E-state index contributed by atoms with van der Waals surface area (Å²) in [6.45, 7) is 10.1. The largest absolute Gasteiger partial charge is 0.508 e. The number of phenols is 1. The first-order valence-corrected chi connectivity index (χ1v) is 11.9. The maximum Gasteiger partial charge on any atom is 0.133 e. The molecule has 0 saturated carbocycles. The van der Waals surface area contributed by atoms with Crippen LogP contribution in [0.25, 0.3) is 0 Å². The average Bonchev–Trinajstić information content (AvgIpc) is 2.77. The summed E-state index contributed by atoms with van der Waals surface area (Å²) >= 11 is 0. The lowest BCUT2D eigenvalue weighted by molar-refractivity contribution is -0.121. The van der Waals surface area contributed by atoms with Crippen molar-refractivity contribution < 1.29 is 19.0 Å². The van der Waals surface area contributed by atoms with E-state index in [1.165, 1.54) is 0 Å². The number of rotatable bonds is 9. The van der Waals surface area contributed by atoms with Gasteiger partial charge in [-0.05, 0) is 61.2 Å². The van der Waals surface area contributed by atoms with Crippen molar-refractivity contribution in [1.29, 1.82) is 0 Å². The number of hydrogen-bond acceptors (Lipinski definition) is 5. The van der Waals surface area contributed by atoms with E-state index in [4.69, 9.17) is 4.74 Å². The summed E-state index contributed by atoms with van der Waals surface area (Å²) in [7, 11) is 0. The van der Waals surface area contributed by atoms with E-state index in [9.17, 15) is 14.3 Å². The molecule has 0 bridgehead atoms. The van der Waals surface area contributed by atoms with Gasteiger partial charge in [0, 0.05) is 44.6 Å². The van der Waals surface area contributed by atoms with E-state index >= 15 is 0 Å². The number of benzene rings is 2. The van der Waals surface area contributed by atoms with Gasteiger partial charge < -0.3 is 9.84 Å². The number of fused-ring (bicyclic) bond motifs is 1. The summed E-state index contributed by atoms with van der Waals surface area (Å²) in [5, 5.41) is 10.0. The molecule has 4 rings (SSSR count). The van der Waals surface area contributed by atoms with Crippen LogP contribution in [-0.4, -0.2) is 66.7 Å². The van der Waals surface area contributed by atoms with Crippen molar-refractivity contribution in [2.75, 3.05) is 46.0 Å². The Morgan fingerprint density at radius 3 is 2.64 bits per heavy atom. The smallest absolute Gasteiger partial charge is 0.133 e. The molecular weight excluding hydrogens is 419 g/mol. The Hall–Kier alpha value is -2.44. The highest BCUT2D eigenvalue weighted by atomic mass is 19.1. The zero-order chi connectivity index (χ0) is 23.6. The number of ether oxygens (including phenoxy) is 1. The molecule has 2 aromatic carbocycles. The van der Waals surface area contributed by atoms with Crippen LogP contribution in [0.4, 0.5) is 4.39 Å². The molecule has 6 heteroatoms. The van der Waals surface area contributed by atoms with Gasteiger partial charge in [0.1, 0.15) is 23.9 Å². The first-order chi connectivity index (χ1) is 15.8. The Bertz CT molecular complexity index is 974. The molecule has 1 fully saturated rings. The topological polar surface area (TPSA) is 53.0 Å². The number of carbonyl (C=O) groups excluding carboxylic acids is 1. The van der Waals surface area contributed by atoms with Crippen LogP contribution in [-0.2, 0) is 16.8 Å². The molecule has 5 nitrogen and oxygen atoms in total. The van der Waals surface area contributed by atoms with E-state index in [0.29, 0.717) is 13.2 Å². The quantitative estimate of drug-likeness (QED) is 0.620. The molecule has 0 aromatic heterocycles. The van der Waals surface area contributed by atoms with Gasteiger partial charge in [-0.1, -0.05) is 25.1 Å². The summed E-state index contributed by atoms with van der Waals surface area (Å²) in [4.78, 5) is 16.6. The summed E-state index contributed by atoms with van der Waals surface area (Å²) in [6.07, 6.45) is 0.838. The number of nitrogens with zero attached hydrogens (tertiary/aromatic N) is 2. The van der Waals surface area contributed by atoms with Crippen molar-refractivity contribution in [2.45, 2.75) is 32.7 Å². The van der Waals surface area contributed by atoms with Crippen LogP contribution in [0.3, 0.4) is 0 Å². The van der Waals surface area contributed by atoms with Crippen LogP contribution >= 0.6 is 0 Å². The maximum absolute atomic E-state index is 12.6. The normalized spacial score (nSPS) is 22.4. The van der Waals surface area contributed by atoms with Gasteiger partial charge in [-0.2, -0.15) is 0 Å². The van der Waals surface area contributed by atoms with Crippen LogP contribution in [0.1, 0.15) is 37.5 Å². The lowest BCUT2D eigenvalue weighted by Crippen LogP contribution is -2.51. The fourth-order valence-electron chi connectivity index (χ4n) is 5.11. The number of phenolic OH excluding ortho intramolecular Hbond substituents is 1. The third kappa shape index (κ3) is 4.92. The second-order valence-corrected chi connectivity index (χ2v) is 9.77. The van der Waals surface area contributed by atoms with Crippen molar-refractivity contribution in [3.63, 3.8) is 0 Å². The first kappa shape index (κ1) is 23.7. The standard InChI is InChI=1S/C27H35FN2O3/c1-19(20(2)31)16-30-11-10-22-14-24(32)6-9-26(22)27(30,3)23-4-7-25(8-5-23)33-13-12-29-17-21(15-28)18-29/h4-9,14,19,21,32H,10-13,15-18H2,1-3H3/t19-,27+/m1/s1. The highest BCUT2D eigenvalue weighted by Crippen LogP contribution is 2.42. The zero-order valence-electron chi connectivity index (χ0n) is 19.9. The number of alkyl halides is 1. The number of Topliss-reactive ketones (excluding diaryl/α,β-unsaturated/α-hetero) is 1. The second kappa shape index (κ2) is 9.82. The van der Waals surface area contributed by atoms with Crippen molar-refractivity contribution in [2.24, 2.45) is 11.8 Å². The Labute approximate surface area is 196 Å². The van der Waals surface area contributed by atoms with E-state index in [-0.39, 0.29) is 30.0 Å². The molecule has 2 atom stereocenters. The van der Waals surface area contributed by atoms with Crippen molar-refractivity contribution in [3.05, 3.63) is 59.2 Å². The van der Waals surface area contributed by atoms with Gasteiger partial charge in [-0.15, -0.1) is 0 Å². The molecule has 33 heavy (non-hydrogen) atoms. The van der Waals surface area contributed by atoms with Gasteiger partial charge >= 0.3 is 0 Å². The molecule has 0 radical (unpaired) electrons. The van der Waals surface area contributed by atoms with E-state index in [1.54, 1.807) is 13.0 Å². The molecule has 1 saturated heterocycles. The Morgan fingerprint density at radius 1 is 1.24 bits per heavy atom. The Kier molecular flexibility index (Phi) is 7.05. The third-order valence-electron chi connectivity index (χ3n) is 7.43. The van der Waals surface area contributed by atoms with Crippen LogP contribution in [0.15, 0.2) is 42.5 Å². The van der Waals surface area contributed by atoms with Crippen molar-refractivity contribution in [1.82, 2.24) is 9.80 Å². The van der Waals surface area contributed by atoms with Gasteiger partial charge in [0.25, 0.3) is 0 Å². The summed E-state index contributed by atoms with van der Waals surface area (Å²) in [5.41, 5.74) is 3.02. The van der Waals surface area contributed by atoms with Crippen LogP contribution in [0.2, 0.25) is 0 Å². The minimum absolute atomic E-state index is 0.0518. The molecule has 2 aliphatic rings. The SMILES string of the molecule is CC(=O)[C@H](C)CN1CCc2cc(O)ccc2[C@]1(C)c1ccc(OCCN2CC(CF)C2)cc1. The first-order valence-electron chi connectivity index (χ1n) is 11.9. The summed E-state index contributed by atoms with van der Waals surface area (Å²) in [6, 6.07) is 13.8. The third-order valence-corrected chi connectivity index (χ3v) is 7.43. The molecule has 2 aromatic rings. The Balaban J connectivity index is 1.52. The molecule has 2 heterocycles. The second-order valence-electron chi connectivity index (χ2n) is 9.77. The fourth-order valence-corrected chi connectivity index (χ4v) is 5.11. The number of ketones is 1. The minimum Gasteiger partial charge on any atom is -0.508 e. The van der Waals surface area contributed by atoms with Gasteiger partial charge in [0.05, 0.1) is 12.2 Å². The van der Waals surface area contributed by atoms with E-state index in [2.05, 4.69) is 28.9 Å². The predicted octanol–water partition coefficient (Wildman–Crippen LogP) is 4.02. The lowest BCUT2D eigenvalue weighted by atomic mass is 9.76. The van der Waals surface area contributed by atoms with E-state index < -0.39 is 5.54 Å². The molecule has 178 valence electrons. The van der Waals surface area contributed by atoms with Gasteiger partial charge in [0.2, 0.25) is 0 Å². The molecule has 0 aliphatic carbocycles. The summed E-state index contributed by atoms with van der Waals surface area (Å²) < 4.78 is 18.5. The van der Waals surface area contributed by atoms with Crippen molar-refractivity contribution in [3.8, 4) is 11.5 Å². The number of likely N-dealkylation sites (tertiary alicyclic amines) is 1. The maximum atomic E-state index is 12.6. The van der Waals surface area contributed by atoms with E-state index in [0.717, 1.165) is 55.0 Å². The van der Waals surface area contributed by atoms with E-state index in [1.807, 2.05) is 31.2 Å². The number of halogens is 1. The van der Waals surface area contributed by atoms with Crippen LogP contribution in [0.5, 0.6) is 11.5 Å². The Morgan fingerprint density at radius 2 is 1.97 bits per heavy atom. The fraction of sp³-hybridized carbons (Fsp3) is 0.519. The number of carbonyl (C=O) groups is 1. The zero-order valence-corrected chi connectivity index (χ0v) is 19.9. The van der Waals surface area contributed by atoms with Gasteiger partial charge in [-0.25, -0.2) is 0 Å². The molecule has 2 aliphatic heterocycles. The monoisotopic (exact) mass is 454 g/mol.